The van der Waals surface area contributed by atoms with Crippen LogP contribution in [-0.2, 0) is 0 Å². The smallest absolute Gasteiger partial charge is 0.127 e. The van der Waals surface area contributed by atoms with Crippen molar-refractivity contribution in [3.8, 4) is 5.75 Å². The maximum atomic E-state index is 13.3. The monoisotopic (exact) mass is 270 g/mol. The average Bonchev–Trinajstić information content (AvgIpc) is 3.00. The van der Waals surface area contributed by atoms with Gasteiger partial charge in [0.2, 0.25) is 0 Å². The predicted octanol–water partition coefficient (Wildman–Crippen LogP) is 5.14. The van der Waals surface area contributed by atoms with Crippen LogP contribution in [0.1, 0.15) is 37.4 Å². The Balaban J connectivity index is 1.85. The summed E-state index contributed by atoms with van der Waals surface area (Å²) < 4.78 is 19.4. The number of ether oxygens (including phenoxy) is 1. The van der Waals surface area contributed by atoms with Crippen LogP contribution in [0.4, 0.5) is 4.39 Å². The zero-order valence-corrected chi connectivity index (χ0v) is 11.5. The first-order valence-electron chi connectivity index (χ1n) is 7.30. The van der Waals surface area contributed by atoms with Crippen molar-refractivity contribution in [3.63, 3.8) is 0 Å². The molecule has 0 spiro atoms. The van der Waals surface area contributed by atoms with Gasteiger partial charge in [-0.2, -0.15) is 0 Å². The van der Waals surface area contributed by atoms with E-state index in [0.717, 1.165) is 0 Å². The Labute approximate surface area is 119 Å². The molecule has 20 heavy (non-hydrogen) atoms. The molecule has 0 bridgehead atoms. The van der Waals surface area contributed by atoms with E-state index in [1.165, 1.54) is 43.4 Å². The summed E-state index contributed by atoms with van der Waals surface area (Å²) >= 11 is 0. The van der Waals surface area contributed by atoms with Crippen LogP contribution in [0.15, 0.2) is 54.6 Å². The molecule has 0 radical (unpaired) electrons. The Hall–Kier alpha value is -1.83. The molecule has 0 N–H and O–H groups in total. The number of hydrogen-bond acceptors (Lipinski definition) is 1. The molecule has 2 heteroatoms. The fourth-order valence-corrected chi connectivity index (χ4v) is 3.03. The number of halogens is 1. The van der Waals surface area contributed by atoms with Crippen LogP contribution in [0.5, 0.6) is 5.75 Å². The van der Waals surface area contributed by atoms with Crippen molar-refractivity contribution in [2.75, 3.05) is 0 Å². The standard InChI is InChI=1S/C18H19FO/c19-16-11-6-12-17(13-16)20-18(15-9-4-5-10-15)14-7-2-1-3-8-14/h1-3,6-8,11-13,15,18H,4-5,9-10H2/t18-/m0/s1. The molecule has 1 aliphatic carbocycles. The molecule has 1 fully saturated rings. The summed E-state index contributed by atoms with van der Waals surface area (Å²) in [6.45, 7) is 0. The Morgan fingerprint density at radius 2 is 1.70 bits per heavy atom. The second-order valence-electron chi connectivity index (χ2n) is 5.45. The summed E-state index contributed by atoms with van der Waals surface area (Å²) in [5, 5.41) is 0. The molecule has 0 saturated heterocycles. The molecule has 1 saturated carbocycles. The molecule has 1 aliphatic rings. The van der Waals surface area contributed by atoms with Crippen LogP contribution in [0.25, 0.3) is 0 Å². The lowest BCUT2D eigenvalue weighted by Crippen LogP contribution is -2.16. The van der Waals surface area contributed by atoms with E-state index in [1.54, 1.807) is 6.07 Å². The summed E-state index contributed by atoms with van der Waals surface area (Å²) in [6, 6.07) is 16.7. The molecule has 2 aromatic rings. The summed E-state index contributed by atoms with van der Waals surface area (Å²) in [7, 11) is 0. The van der Waals surface area contributed by atoms with E-state index in [9.17, 15) is 4.39 Å². The number of hydrogen-bond donors (Lipinski definition) is 0. The number of rotatable bonds is 4. The van der Waals surface area contributed by atoms with Gasteiger partial charge in [-0.15, -0.1) is 0 Å². The van der Waals surface area contributed by atoms with Crippen molar-refractivity contribution in [2.45, 2.75) is 31.8 Å². The Kier molecular flexibility index (Phi) is 4.00. The maximum absolute atomic E-state index is 13.3. The average molecular weight is 270 g/mol. The molecule has 0 heterocycles. The van der Waals surface area contributed by atoms with E-state index in [2.05, 4.69) is 12.1 Å². The van der Waals surface area contributed by atoms with Crippen molar-refractivity contribution in [2.24, 2.45) is 5.92 Å². The van der Waals surface area contributed by atoms with Gasteiger partial charge in [-0.05, 0) is 30.5 Å². The van der Waals surface area contributed by atoms with Crippen molar-refractivity contribution < 1.29 is 9.13 Å². The van der Waals surface area contributed by atoms with Crippen LogP contribution in [0.3, 0.4) is 0 Å². The van der Waals surface area contributed by atoms with Gasteiger partial charge in [-0.25, -0.2) is 4.39 Å². The van der Waals surface area contributed by atoms with Crippen LogP contribution in [0, 0.1) is 11.7 Å². The van der Waals surface area contributed by atoms with E-state index in [4.69, 9.17) is 4.74 Å². The van der Waals surface area contributed by atoms with Gasteiger partial charge in [-0.1, -0.05) is 49.2 Å². The second-order valence-corrected chi connectivity index (χ2v) is 5.45. The molecule has 1 atom stereocenters. The first kappa shape index (κ1) is 13.2. The first-order valence-corrected chi connectivity index (χ1v) is 7.30. The van der Waals surface area contributed by atoms with Crippen molar-refractivity contribution in [1.29, 1.82) is 0 Å². The van der Waals surface area contributed by atoms with Crippen LogP contribution in [0.2, 0.25) is 0 Å². The highest BCUT2D eigenvalue weighted by molar-refractivity contribution is 5.26. The van der Waals surface area contributed by atoms with E-state index >= 15 is 0 Å². The molecule has 0 aliphatic heterocycles. The minimum Gasteiger partial charge on any atom is -0.485 e. The molecule has 0 aromatic heterocycles. The third-order valence-corrected chi connectivity index (χ3v) is 4.02. The van der Waals surface area contributed by atoms with Crippen molar-refractivity contribution in [1.82, 2.24) is 0 Å². The normalized spacial score (nSPS) is 17.1. The Morgan fingerprint density at radius 3 is 2.40 bits per heavy atom. The van der Waals surface area contributed by atoms with Crippen molar-refractivity contribution in [3.05, 3.63) is 66.0 Å². The van der Waals surface area contributed by atoms with Crippen molar-refractivity contribution >= 4 is 0 Å². The van der Waals surface area contributed by atoms with Gasteiger partial charge in [0.25, 0.3) is 0 Å². The van der Waals surface area contributed by atoms with Gasteiger partial charge in [-0.3, -0.25) is 0 Å². The maximum Gasteiger partial charge on any atom is 0.127 e. The molecular formula is C18H19FO. The topological polar surface area (TPSA) is 9.23 Å². The molecule has 1 nitrogen and oxygen atoms in total. The van der Waals surface area contributed by atoms with Crippen LogP contribution < -0.4 is 4.74 Å². The minimum absolute atomic E-state index is 0.0282. The fraction of sp³-hybridized carbons (Fsp3) is 0.333. The number of benzene rings is 2. The highest BCUT2D eigenvalue weighted by Crippen LogP contribution is 2.38. The molecule has 2 aromatic carbocycles. The Morgan fingerprint density at radius 1 is 0.950 bits per heavy atom. The van der Waals surface area contributed by atoms with E-state index in [0.29, 0.717) is 11.7 Å². The van der Waals surface area contributed by atoms with E-state index < -0.39 is 0 Å². The summed E-state index contributed by atoms with van der Waals surface area (Å²) in [5.74, 6) is 0.896. The minimum atomic E-state index is -0.249. The van der Waals surface area contributed by atoms with Gasteiger partial charge in [0, 0.05) is 12.0 Å². The van der Waals surface area contributed by atoms with Gasteiger partial charge in [0.15, 0.2) is 0 Å². The van der Waals surface area contributed by atoms with Crippen LogP contribution in [-0.4, -0.2) is 0 Å². The lowest BCUT2D eigenvalue weighted by molar-refractivity contribution is 0.137. The largest absolute Gasteiger partial charge is 0.485 e. The fourth-order valence-electron chi connectivity index (χ4n) is 3.03. The zero-order chi connectivity index (χ0) is 13.8. The highest BCUT2D eigenvalue weighted by Gasteiger charge is 2.28. The third kappa shape index (κ3) is 3.01. The SMILES string of the molecule is Fc1cccc(O[C@@H](c2ccccc2)C2CCCC2)c1. The summed E-state index contributed by atoms with van der Waals surface area (Å²) in [6.07, 6.45) is 4.94. The molecule has 0 unspecified atom stereocenters. The van der Waals surface area contributed by atoms with Gasteiger partial charge >= 0.3 is 0 Å². The van der Waals surface area contributed by atoms with Gasteiger partial charge in [0.1, 0.15) is 17.7 Å². The lowest BCUT2D eigenvalue weighted by Gasteiger charge is -2.25. The Bertz CT molecular complexity index is 546. The molecule has 0 amide bonds. The lowest BCUT2D eigenvalue weighted by atomic mass is 9.94. The molecule has 3 rings (SSSR count). The van der Waals surface area contributed by atoms with Gasteiger partial charge in [0.05, 0.1) is 0 Å². The second kappa shape index (κ2) is 6.08. The predicted molar refractivity (Wildman–Crippen MR) is 78.2 cm³/mol. The van der Waals surface area contributed by atoms with E-state index in [-0.39, 0.29) is 11.9 Å². The zero-order valence-electron chi connectivity index (χ0n) is 11.5. The van der Waals surface area contributed by atoms with Gasteiger partial charge < -0.3 is 4.74 Å². The molecular weight excluding hydrogens is 251 g/mol. The quantitative estimate of drug-likeness (QED) is 0.747. The van der Waals surface area contributed by atoms with E-state index in [1.807, 2.05) is 24.3 Å². The highest BCUT2D eigenvalue weighted by atomic mass is 19.1. The van der Waals surface area contributed by atoms with Crippen LogP contribution >= 0.6 is 0 Å². The summed E-state index contributed by atoms with van der Waals surface area (Å²) in [4.78, 5) is 0. The molecule has 104 valence electrons. The summed E-state index contributed by atoms with van der Waals surface area (Å²) in [5.41, 5.74) is 1.18. The first-order chi connectivity index (χ1) is 9.83. The third-order valence-electron chi connectivity index (χ3n) is 4.02.